The van der Waals surface area contributed by atoms with Crippen molar-refractivity contribution in [3.05, 3.63) is 48.6 Å². The first kappa shape index (κ1) is 58.4. The first-order valence-corrected chi connectivity index (χ1v) is 26.2. The van der Waals surface area contributed by atoms with Gasteiger partial charge < -0.3 is 14.2 Å². The molecule has 0 spiro atoms. The minimum atomic E-state index is -0.788. The van der Waals surface area contributed by atoms with E-state index in [0.29, 0.717) is 12.8 Å². The van der Waals surface area contributed by atoms with Crippen LogP contribution in [0.15, 0.2) is 48.6 Å². The van der Waals surface area contributed by atoms with Crippen molar-refractivity contribution in [2.45, 2.75) is 271 Å². The third-order valence-electron chi connectivity index (χ3n) is 11.4. The normalized spacial score (nSPS) is 12.4. The molecule has 0 amide bonds. The van der Waals surface area contributed by atoms with Gasteiger partial charge in [0.1, 0.15) is 13.2 Å². The minimum Gasteiger partial charge on any atom is -0.462 e. The van der Waals surface area contributed by atoms with E-state index in [1.807, 2.05) is 30.4 Å². The van der Waals surface area contributed by atoms with Crippen molar-refractivity contribution in [1.82, 2.24) is 0 Å². The van der Waals surface area contributed by atoms with Crippen LogP contribution in [0.2, 0.25) is 0 Å². The molecular weight excluding hydrogens is 757 g/mol. The Morgan fingerprint density at radius 3 is 1.00 bits per heavy atom. The third kappa shape index (κ3) is 48.3. The summed E-state index contributed by atoms with van der Waals surface area (Å²) in [5, 5.41) is 0. The van der Waals surface area contributed by atoms with Gasteiger partial charge >= 0.3 is 17.9 Å². The molecule has 354 valence electrons. The van der Waals surface area contributed by atoms with Crippen molar-refractivity contribution in [1.29, 1.82) is 0 Å². The third-order valence-corrected chi connectivity index (χ3v) is 11.4. The maximum Gasteiger partial charge on any atom is 0.306 e. The molecule has 0 saturated heterocycles. The van der Waals surface area contributed by atoms with Crippen molar-refractivity contribution >= 4 is 17.9 Å². The summed E-state index contributed by atoms with van der Waals surface area (Å²) in [4.78, 5) is 37.9. The highest BCUT2D eigenvalue weighted by Gasteiger charge is 2.19. The molecule has 0 saturated carbocycles. The van der Waals surface area contributed by atoms with Gasteiger partial charge in [0.05, 0.1) is 0 Å². The average molecular weight is 855 g/mol. The highest BCUT2D eigenvalue weighted by Crippen LogP contribution is 2.16. The van der Waals surface area contributed by atoms with Gasteiger partial charge in [-0.1, -0.05) is 256 Å². The molecule has 0 fully saturated rings. The zero-order chi connectivity index (χ0) is 44.4. The van der Waals surface area contributed by atoms with Gasteiger partial charge in [0.2, 0.25) is 0 Å². The molecule has 0 aromatic carbocycles. The van der Waals surface area contributed by atoms with E-state index in [1.54, 1.807) is 0 Å². The predicted octanol–water partition coefficient (Wildman–Crippen LogP) is 17.1. The molecule has 1 atom stereocenters. The van der Waals surface area contributed by atoms with E-state index in [1.165, 1.54) is 154 Å². The number of unbranched alkanes of at least 4 members (excludes halogenated alkanes) is 31. The van der Waals surface area contributed by atoms with Gasteiger partial charge in [0, 0.05) is 19.3 Å². The lowest BCUT2D eigenvalue weighted by atomic mass is 10.0. The van der Waals surface area contributed by atoms with Crippen molar-refractivity contribution in [2.24, 2.45) is 0 Å². The summed E-state index contributed by atoms with van der Waals surface area (Å²) in [6.45, 7) is 6.49. The Balaban J connectivity index is 4.37. The van der Waals surface area contributed by atoms with Crippen LogP contribution in [-0.2, 0) is 28.6 Å². The van der Waals surface area contributed by atoms with Crippen LogP contribution in [0.5, 0.6) is 0 Å². The van der Waals surface area contributed by atoms with Crippen LogP contribution >= 0.6 is 0 Å². The number of carbonyl (C=O) groups excluding carboxylic acids is 3. The molecule has 0 aliphatic heterocycles. The monoisotopic (exact) mass is 855 g/mol. The van der Waals surface area contributed by atoms with Crippen LogP contribution in [-0.4, -0.2) is 37.2 Å². The molecule has 6 nitrogen and oxygen atoms in total. The van der Waals surface area contributed by atoms with Crippen LogP contribution in [0.25, 0.3) is 0 Å². The smallest absolute Gasteiger partial charge is 0.306 e. The van der Waals surface area contributed by atoms with Crippen molar-refractivity contribution < 1.29 is 28.6 Å². The number of esters is 3. The van der Waals surface area contributed by atoms with Crippen LogP contribution in [0, 0.1) is 0 Å². The fourth-order valence-electron chi connectivity index (χ4n) is 7.51. The fourth-order valence-corrected chi connectivity index (χ4v) is 7.51. The lowest BCUT2D eigenvalue weighted by Crippen LogP contribution is -2.30. The second-order valence-corrected chi connectivity index (χ2v) is 17.5. The summed E-state index contributed by atoms with van der Waals surface area (Å²) < 4.78 is 16.8. The van der Waals surface area contributed by atoms with Gasteiger partial charge in [-0.05, 0) is 38.5 Å². The molecule has 6 heteroatoms. The maximum absolute atomic E-state index is 12.8. The second kappa shape index (κ2) is 50.0. The van der Waals surface area contributed by atoms with Crippen molar-refractivity contribution in [3.8, 4) is 0 Å². The van der Waals surface area contributed by atoms with Crippen LogP contribution in [0.1, 0.15) is 265 Å². The number of allylic oxidation sites excluding steroid dienone is 8. The summed E-state index contributed by atoms with van der Waals surface area (Å²) >= 11 is 0. The fraction of sp³-hybridized carbons (Fsp3) is 0.800. The lowest BCUT2D eigenvalue weighted by molar-refractivity contribution is -0.167. The number of rotatable bonds is 47. The highest BCUT2D eigenvalue weighted by molar-refractivity contribution is 5.71. The number of carbonyl (C=O) groups is 3. The van der Waals surface area contributed by atoms with Crippen molar-refractivity contribution in [3.63, 3.8) is 0 Å². The van der Waals surface area contributed by atoms with Gasteiger partial charge in [-0.15, -0.1) is 0 Å². The summed E-state index contributed by atoms with van der Waals surface area (Å²) in [5.41, 5.74) is 0. The predicted molar refractivity (Wildman–Crippen MR) is 261 cm³/mol. The molecule has 61 heavy (non-hydrogen) atoms. The van der Waals surface area contributed by atoms with E-state index in [4.69, 9.17) is 14.2 Å². The Hall–Kier alpha value is -2.63. The molecule has 0 heterocycles. The quantitative estimate of drug-likeness (QED) is 0.0263. The minimum absolute atomic E-state index is 0.0854. The van der Waals surface area contributed by atoms with Gasteiger partial charge in [0.15, 0.2) is 6.10 Å². The SMILES string of the molecule is CC/C=C/C=C/C=C/C=C/CCCCCC(=O)OC(COC(=O)CCCCCCCCCCCCCCC)COC(=O)CCCCCCCCCCCCCCCCCCC. The summed E-state index contributed by atoms with van der Waals surface area (Å²) in [5.74, 6) is -0.914. The molecule has 0 aliphatic rings. The Morgan fingerprint density at radius 1 is 0.344 bits per heavy atom. The molecule has 1 unspecified atom stereocenters. The Labute approximate surface area is 378 Å². The van der Waals surface area contributed by atoms with Crippen LogP contribution in [0.3, 0.4) is 0 Å². The number of ether oxygens (including phenoxy) is 3. The number of hydrogen-bond donors (Lipinski definition) is 0. The molecular formula is C55H98O6. The van der Waals surface area contributed by atoms with E-state index in [-0.39, 0.29) is 37.5 Å². The molecule has 0 bridgehead atoms. The largest absolute Gasteiger partial charge is 0.462 e. The Morgan fingerprint density at radius 2 is 0.639 bits per heavy atom. The Kier molecular flexibility index (Phi) is 47.9. The average Bonchev–Trinajstić information content (AvgIpc) is 3.26. The van der Waals surface area contributed by atoms with Gasteiger partial charge in [-0.3, -0.25) is 14.4 Å². The van der Waals surface area contributed by atoms with Crippen LogP contribution < -0.4 is 0 Å². The molecule has 0 aromatic rings. The molecule has 0 aromatic heterocycles. The maximum atomic E-state index is 12.8. The topological polar surface area (TPSA) is 78.9 Å². The van der Waals surface area contributed by atoms with E-state index in [0.717, 1.165) is 70.6 Å². The zero-order valence-corrected chi connectivity index (χ0v) is 40.4. The second-order valence-electron chi connectivity index (χ2n) is 17.5. The molecule has 0 radical (unpaired) electrons. The first-order chi connectivity index (χ1) is 30.0. The molecule has 0 aliphatic carbocycles. The van der Waals surface area contributed by atoms with Gasteiger partial charge in [-0.25, -0.2) is 0 Å². The number of hydrogen-bond acceptors (Lipinski definition) is 6. The zero-order valence-electron chi connectivity index (χ0n) is 40.4. The van der Waals surface area contributed by atoms with E-state index in [9.17, 15) is 14.4 Å². The summed E-state index contributed by atoms with van der Waals surface area (Å²) in [6, 6.07) is 0. The van der Waals surface area contributed by atoms with E-state index >= 15 is 0 Å². The lowest BCUT2D eigenvalue weighted by Gasteiger charge is -2.18. The molecule has 0 N–H and O–H groups in total. The Bertz CT molecular complexity index is 1070. The molecule has 0 rings (SSSR count). The summed E-state index contributed by atoms with van der Waals surface area (Å²) in [6.07, 6.45) is 59.5. The first-order valence-electron chi connectivity index (χ1n) is 26.2. The van der Waals surface area contributed by atoms with E-state index in [2.05, 4.69) is 39.0 Å². The van der Waals surface area contributed by atoms with Crippen LogP contribution in [0.4, 0.5) is 0 Å². The highest BCUT2D eigenvalue weighted by atomic mass is 16.6. The van der Waals surface area contributed by atoms with Gasteiger partial charge in [0.25, 0.3) is 0 Å². The summed E-state index contributed by atoms with van der Waals surface area (Å²) in [7, 11) is 0. The van der Waals surface area contributed by atoms with Gasteiger partial charge in [-0.2, -0.15) is 0 Å². The standard InChI is InChI=1S/C55H98O6/c1-4-7-10-13-16-19-22-25-26-27-28-31-33-36-39-42-45-48-54(57)60-51-52(61-55(58)49-46-43-40-37-34-30-24-21-18-15-12-9-6-3)50-59-53(56)47-44-41-38-35-32-29-23-20-17-14-11-8-5-2/h9,12,15,18,21,24,30,34,52H,4-8,10-11,13-14,16-17,19-20,22-23,25-29,31-33,35-51H2,1-3H3/b12-9+,18-15+,24-21+,34-30+. The van der Waals surface area contributed by atoms with Crippen molar-refractivity contribution in [2.75, 3.05) is 13.2 Å². The van der Waals surface area contributed by atoms with E-state index < -0.39 is 6.10 Å².